The third kappa shape index (κ3) is 2.86. The van der Waals surface area contributed by atoms with Crippen molar-refractivity contribution in [3.05, 3.63) is 51.9 Å². The fourth-order valence-electron chi connectivity index (χ4n) is 2.73. The van der Waals surface area contributed by atoms with Crippen molar-refractivity contribution >= 4 is 27.3 Å². The van der Waals surface area contributed by atoms with E-state index in [0.717, 1.165) is 11.1 Å². The number of aromatic nitrogens is 2. The van der Waals surface area contributed by atoms with E-state index in [-0.39, 0.29) is 5.56 Å². The lowest BCUT2D eigenvalue weighted by Crippen LogP contribution is -2.26. The summed E-state index contributed by atoms with van der Waals surface area (Å²) >= 11 is 1.74. The van der Waals surface area contributed by atoms with E-state index in [1.54, 1.807) is 18.3 Å². The maximum atomic E-state index is 13.9. The molecule has 2 aromatic heterocycles. The van der Waals surface area contributed by atoms with Crippen molar-refractivity contribution in [1.29, 1.82) is 0 Å². The van der Waals surface area contributed by atoms with Gasteiger partial charge in [-0.05, 0) is 37.3 Å². The Bertz CT molecular complexity index is 881. The van der Waals surface area contributed by atoms with Crippen molar-refractivity contribution in [3.63, 3.8) is 0 Å². The smallest absolute Gasteiger partial charge is 0.257 e. The van der Waals surface area contributed by atoms with Gasteiger partial charge in [-0.3, -0.25) is 4.79 Å². The van der Waals surface area contributed by atoms with Crippen molar-refractivity contribution in [2.75, 3.05) is 6.54 Å². The molecule has 0 bridgehead atoms. The number of benzene rings is 1. The summed E-state index contributed by atoms with van der Waals surface area (Å²) < 4.78 is 16.2. The first-order valence-corrected chi connectivity index (χ1v) is 8.25. The molecule has 0 spiro atoms. The van der Waals surface area contributed by atoms with Gasteiger partial charge in [-0.1, -0.05) is 18.2 Å². The van der Waals surface area contributed by atoms with Gasteiger partial charge in [-0.2, -0.15) is 9.49 Å². The molecule has 0 aliphatic rings. The molecular weight excluding hydrogens is 313 g/mol. The molecule has 0 atom stereocenters. The fourth-order valence-corrected chi connectivity index (χ4v) is 3.94. The van der Waals surface area contributed by atoms with Crippen LogP contribution in [0.3, 0.4) is 0 Å². The van der Waals surface area contributed by atoms with Crippen LogP contribution in [0.1, 0.15) is 26.5 Å². The van der Waals surface area contributed by atoms with Crippen LogP contribution in [0.25, 0.3) is 10.1 Å². The fraction of sp³-hybridized carbons (Fsp3) is 0.294. The average molecular weight is 331 g/mol. The molecule has 120 valence electrons. The van der Waals surface area contributed by atoms with E-state index < -0.39 is 11.9 Å². The minimum Gasteiger partial charge on any atom is -0.351 e. The van der Waals surface area contributed by atoms with Crippen LogP contribution in [0.15, 0.2) is 24.3 Å². The van der Waals surface area contributed by atoms with Gasteiger partial charge in [-0.15, -0.1) is 11.3 Å². The third-order valence-electron chi connectivity index (χ3n) is 3.96. The maximum absolute atomic E-state index is 13.9. The number of hydrogen-bond donors (Lipinski definition) is 1. The molecule has 1 amide bonds. The van der Waals surface area contributed by atoms with Gasteiger partial charge in [0.25, 0.3) is 5.91 Å². The number of nitrogens with one attached hydrogen (secondary N) is 1. The molecule has 3 rings (SSSR count). The summed E-state index contributed by atoms with van der Waals surface area (Å²) in [7, 11) is 1.49. The van der Waals surface area contributed by atoms with Crippen LogP contribution >= 0.6 is 11.3 Å². The molecule has 0 saturated carbocycles. The first kappa shape index (κ1) is 15.7. The predicted molar refractivity (Wildman–Crippen MR) is 90.5 cm³/mol. The van der Waals surface area contributed by atoms with E-state index >= 15 is 0 Å². The Hall–Kier alpha value is -2.21. The van der Waals surface area contributed by atoms with E-state index in [1.165, 1.54) is 27.6 Å². The zero-order valence-corrected chi connectivity index (χ0v) is 14.1. The van der Waals surface area contributed by atoms with Crippen molar-refractivity contribution in [1.82, 2.24) is 15.1 Å². The number of fused-ring (bicyclic) bond motifs is 1. The average Bonchev–Trinajstić information content (AvgIpc) is 2.97. The van der Waals surface area contributed by atoms with Crippen molar-refractivity contribution in [3.8, 4) is 0 Å². The van der Waals surface area contributed by atoms with Gasteiger partial charge in [0.2, 0.25) is 5.95 Å². The van der Waals surface area contributed by atoms with E-state index in [0.29, 0.717) is 12.2 Å². The van der Waals surface area contributed by atoms with Gasteiger partial charge in [0, 0.05) is 23.2 Å². The number of aryl methyl sites for hydroxylation is 3. The second-order valence-electron chi connectivity index (χ2n) is 5.53. The van der Waals surface area contributed by atoms with E-state index in [2.05, 4.69) is 29.5 Å². The predicted octanol–water partition coefficient (Wildman–Crippen LogP) is 3.36. The number of hydrogen-bond acceptors (Lipinski definition) is 3. The summed E-state index contributed by atoms with van der Waals surface area (Å²) in [4.78, 5) is 13.4. The molecule has 1 N–H and O–H groups in total. The highest BCUT2D eigenvalue weighted by molar-refractivity contribution is 7.19. The Morgan fingerprint density at radius 2 is 2.09 bits per heavy atom. The van der Waals surface area contributed by atoms with Gasteiger partial charge in [0.05, 0.1) is 5.69 Å². The molecule has 4 nitrogen and oxygen atoms in total. The Labute approximate surface area is 137 Å². The summed E-state index contributed by atoms with van der Waals surface area (Å²) in [5, 5.41) is 7.97. The molecule has 23 heavy (non-hydrogen) atoms. The monoisotopic (exact) mass is 331 g/mol. The Kier molecular flexibility index (Phi) is 4.17. The molecule has 3 aromatic rings. The first-order chi connectivity index (χ1) is 11.0. The number of thiophene rings is 1. The lowest BCUT2D eigenvalue weighted by atomic mass is 10.1. The lowest BCUT2D eigenvalue weighted by molar-refractivity contribution is 0.0949. The van der Waals surface area contributed by atoms with Crippen LogP contribution in [0, 0.1) is 19.8 Å². The maximum Gasteiger partial charge on any atom is 0.257 e. The van der Waals surface area contributed by atoms with E-state index in [1.807, 2.05) is 12.1 Å². The Balaban J connectivity index is 1.69. The number of halogens is 1. The third-order valence-corrected chi connectivity index (χ3v) is 5.29. The van der Waals surface area contributed by atoms with Crippen LogP contribution < -0.4 is 5.32 Å². The minimum atomic E-state index is -0.599. The second-order valence-corrected chi connectivity index (χ2v) is 6.66. The van der Waals surface area contributed by atoms with Crippen molar-refractivity contribution in [2.24, 2.45) is 7.05 Å². The number of rotatable bonds is 4. The number of nitrogens with zero attached hydrogens (tertiary/aromatic N) is 2. The van der Waals surface area contributed by atoms with E-state index in [9.17, 15) is 9.18 Å². The normalized spacial score (nSPS) is 11.1. The highest BCUT2D eigenvalue weighted by atomic mass is 32.1. The van der Waals surface area contributed by atoms with E-state index in [4.69, 9.17) is 0 Å². The lowest BCUT2D eigenvalue weighted by Gasteiger charge is -2.04. The Morgan fingerprint density at radius 1 is 1.35 bits per heavy atom. The first-order valence-electron chi connectivity index (χ1n) is 7.43. The topological polar surface area (TPSA) is 46.9 Å². The van der Waals surface area contributed by atoms with Crippen LogP contribution in [0.5, 0.6) is 0 Å². The summed E-state index contributed by atoms with van der Waals surface area (Å²) in [6, 6.07) is 8.26. The summed E-state index contributed by atoms with van der Waals surface area (Å²) in [5.74, 6) is -1.01. The molecule has 0 fully saturated rings. The highest BCUT2D eigenvalue weighted by Gasteiger charge is 2.20. The van der Waals surface area contributed by atoms with Crippen molar-refractivity contribution in [2.45, 2.75) is 20.3 Å². The standard InChI is InChI=1S/C17H18FN3OS/c1-10-12-6-4-5-7-14(12)23-13(10)8-9-19-17(22)15-11(2)20-21(3)16(15)18/h4-7H,8-9H2,1-3H3,(H,19,22). The molecule has 0 saturated heterocycles. The summed E-state index contributed by atoms with van der Waals surface area (Å²) in [5.41, 5.74) is 1.68. The molecule has 0 aliphatic heterocycles. The SMILES string of the molecule is Cc1nn(C)c(F)c1C(=O)NCCc1sc2ccccc2c1C. The molecule has 0 aliphatic carbocycles. The quantitative estimate of drug-likeness (QED) is 0.797. The Morgan fingerprint density at radius 3 is 2.74 bits per heavy atom. The van der Waals surface area contributed by atoms with Gasteiger partial charge < -0.3 is 5.32 Å². The van der Waals surface area contributed by atoms with Gasteiger partial charge in [0.1, 0.15) is 5.56 Å². The zero-order valence-electron chi connectivity index (χ0n) is 13.3. The van der Waals surface area contributed by atoms with Crippen LogP contribution in [-0.4, -0.2) is 22.2 Å². The zero-order chi connectivity index (χ0) is 16.6. The van der Waals surface area contributed by atoms with Crippen LogP contribution in [0.2, 0.25) is 0 Å². The van der Waals surface area contributed by atoms with Gasteiger partial charge >= 0.3 is 0 Å². The largest absolute Gasteiger partial charge is 0.351 e. The number of carbonyl (C=O) groups excluding carboxylic acids is 1. The van der Waals surface area contributed by atoms with Crippen molar-refractivity contribution < 1.29 is 9.18 Å². The second kappa shape index (κ2) is 6.12. The van der Waals surface area contributed by atoms with Gasteiger partial charge in [0.15, 0.2) is 0 Å². The highest BCUT2D eigenvalue weighted by Crippen LogP contribution is 2.30. The summed E-state index contributed by atoms with van der Waals surface area (Å²) in [6.45, 7) is 4.20. The van der Waals surface area contributed by atoms with Crippen LogP contribution in [0.4, 0.5) is 4.39 Å². The summed E-state index contributed by atoms with van der Waals surface area (Å²) in [6.07, 6.45) is 0.734. The number of carbonyl (C=O) groups is 1. The molecule has 6 heteroatoms. The molecule has 2 heterocycles. The molecule has 1 aromatic carbocycles. The molecule has 0 radical (unpaired) electrons. The minimum absolute atomic E-state index is 0.0283. The molecular formula is C17H18FN3OS. The van der Waals surface area contributed by atoms with Crippen LogP contribution in [-0.2, 0) is 13.5 Å². The molecule has 0 unspecified atom stereocenters. The number of amides is 1. The van der Waals surface area contributed by atoms with Gasteiger partial charge in [-0.25, -0.2) is 4.68 Å².